The summed E-state index contributed by atoms with van der Waals surface area (Å²) in [6, 6.07) is 20.9. The Balaban J connectivity index is 1.33. The molecule has 2 aromatic carbocycles. The van der Waals surface area contributed by atoms with Crippen LogP contribution in [0.15, 0.2) is 83.9 Å². The monoisotopic (exact) mass is 412 g/mol. The Kier molecular flexibility index (Phi) is 4.57. The van der Waals surface area contributed by atoms with Gasteiger partial charge in [-0.3, -0.25) is 14.0 Å². The van der Waals surface area contributed by atoms with E-state index in [2.05, 4.69) is 21.4 Å². The first-order valence-corrected chi connectivity index (χ1v) is 10.2. The third-order valence-electron chi connectivity index (χ3n) is 4.76. The summed E-state index contributed by atoms with van der Waals surface area (Å²) in [5.41, 5.74) is 2.82. The smallest absolute Gasteiger partial charge is 0.270 e. The van der Waals surface area contributed by atoms with Crippen molar-refractivity contribution in [3.8, 4) is 0 Å². The molecule has 0 radical (unpaired) electrons. The summed E-state index contributed by atoms with van der Waals surface area (Å²) < 4.78 is 2.53. The molecule has 0 aliphatic carbocycles. The van der Waals surface area contributed by atoms with Gasteiger partial charge in [0.25, 0.3) is 11.5 Å². The molecule has 1 amide bonds. The zero-order chi connectivity index (χ0) is 20.5. The maximum atomic E-state index is 12.6. The standard InChI is InChI=1S/C23H16N4O2S/c28-22(17-14-24-20-7-3-4-12-27(20)23(17)29)25-16-10-8-15(9-11-16)13-21-26-18-5-1-2-6-19(18)30-21/h1-12,14H,13H2,(H,25,28). The Morgan fingerprint density at radius 3 is 2.63 bits per heavy atom. The van der Waals surface area contributed by atoms with Crippen LogP contribution < -0.4 is 10.9 Å². The number of thiazole rings is 1. The molecule has 5 rings (SSSR count). The molecule has 0 aliphatic heterocycles. The number of hydrogen-bond acceptors (Lipinski definition) is 5. The Hall–Kier alpha value is -3.84. The van der Waals surface area contributed by atoms with Crippen molar-refractivity contribution in [1.82, 2.24) is 14.4 Å². The molecule has 1 N–H and O–H groups in total. The van der Waals surface area contributed by atoms with Crippen molar-refractivity contribution in [2.45, 2.75) is 6.42 Å². The van der Waals surface area contributed by atoms with Gasteiger partial charge in [-0.05, 0) is 42.0 Å². The number of rotatable bonds is 4. The Bertz CT molecular complexity index is 1400. The fourth-order valence-electron chi connectivity index (χ4n) is 3.26. The van der Waals surface area contributed by atoms with Gasteiger partial charge in [0.05, 0.1) is 15.2 Å². The molecule has 30 heavy (non-hydrogen) atoms. The third kappa shape index (κ3) is 3.46. The summed E-state index contributed by atoms with van der Waals surface area (Å²) in [7, 11) is 0. The normalized spacial score (nSPS) is 11.1. The first-order valence-electron chi connectivity index (χ1n) is 9.38. The van der Waals surface area contributed by atoms with Crippen molar-refractivity contribution in [2.24, 2.45) is 0 Å². The van der Waals surface area contributed by atoms with E-state index in [0.717, 1.165) is 22.5 Å². The van der Waals surface area contributed by atoms with E-state index in [-0.39, 0.29) is 5.56 Å². The van der Waals surface area contributed by atoms with E-state index in [1.807, 2.05) is 42.5 Å². The highest BCUT2D eigenvalue weighted by atomic mass is 32.1. The lowest BCUT2D eigenvalue weighted by molar-refractivity contribution is 0.102. The van der Waals surface area contributed by atoms with Gasteiger partial charge in [0.2, 0.25) is 0 Å². The molecule has 7 heteroatoms. The predicted molar refractivity (Wildman–Crippen MR) is 118 cm³/mol. The van der Waals surface area contributed by atoms with Crippen LogP contribution in [0, 0.1) is 0 Å². The number of fused-ring (bicyclic) bond motifs is 2. The molecule has 0 bridgehead atoms. The quantitative estimate of drug-likeness (QED) is 0.481. The fraction of sp³-hybridized carbons (Fsp3) is 0.0435. The van der Waals surface area contributed by atoms with Gasteiger partial charge < -0.3 is 5.32 Å². The molecule has 0 unspecified atom stereocenters. The van der Waals surface area contributed by atoms with E-state index in [4.69, 9.17) is 0 Å². The number of amides is 1. The summed E-state index contributed by atoms with van der Waals surface area (Å²) in [5, 5.41) is 3.82. The summed E-state index contributed by atoms with van der Waals surface area (Å²) in [6.45, 7) is 0. The minimum atomic E-state index is -0.482. The molecule has 0 saturated carbocycles. The molecule has 3 heterocycles. The van der Waals surface area contributed by atoms with E-state index in [9.17, 15) is 9.59 Å². The number of pyridine rings is 1. The van der Waals surface area contributed by atoms with E-state index in [1.54, 1.807) is 35.7 Å². The van der Waals surface area contributed by atoms with Crippen LogP contribution in [0.1, 0.15) is 20.9 Å². The van der Waals surface area contributed by atoms with Gasteiger partial charge >= 0.3 is 0 Å². The van der Waals surface area contributed by atoms with Crippen LogP contribution in [0.4, 0.5) is 5.69 Å². The molecule has 0 fully saturated rings. The molecular weight excluding hydrogens is 396 g/mol. The molecule has 146 valence electrons. The van der Waals surface area contributed by atoms with Gasteiger partial charge in [0.1, 0.15) is 11.2 Å². The number of nitrogens with one attached hydrogen (secondary N) is 1. The number of hydrogen-bond donors (Lipinski definition) is 1. The maximum Gasteiger partial charge on any atom is 0.270 e. The van der Waals surface area contributed by atoms with Crippen molar-refractivity contribution in [1.29, 1.82) is 0 Å². The first kappa shape index (κ1) is 18.2. The van der Waals surface area contributed by atoms with Crippen molar-refractivity contribution in [3.63, 3.8) is 0 Å². The molecule has 5 aromatic rings. The summed E-state index contributed by atoms with van der Waals surface area (Å²) in [5.74, 6) is -0.482. The van der Waals surface area contributed by atoms with Crippen LogP contribution in [0.25, 0.3) is 15.9 Å². The van der Waals surface area contributed by atoms with Crippen molar-refractivity contribution < 1.29 is 4.79 Å². The molecular formula is C23H16N4O2S. The highest BCUT2D eigenvalue weighted by Gasteiger charge is 2.13. The van der Waals surface area contributed by atoms with E-state index >= 15 is 0 Å². The molecule has 3 aromatic heterocycles. The largest absolute Gasteiger partial charge is 0.322 e. The average Bonchev–Trinajstić information content (AvgIpc) is 3.18. The lowest BCUT2D eigenvalue weighted by Gasteiger charge is -2.07. The number of carbonyl (C=O) groups is 1. The summed E-state index contributed by atoms with van der Waals surface area (Å²) in [6.07, 6.45) is 3.64. The van der Waals surface area contributed by atoms with E-state index < -0.39 is 11.5 Å². The molecule has 0 saturated heterocycles. The zero-order valence-electron chi connectivity index (χ0n) is 15.8. The highest BCUT2D eigenvalue weighted by Crippen LogP contribution is 2.24. The SMILES string of the molecule is O=C(Nc1ccc(Cc2nc3ccccc3s2)cc1)c1cnc2ccccn2c1=O. The van der Waals surface area contributed by atoms with Gasteiger partial charge in [-0.25, -0.2) is 9.97 Å². The fourth-order valence-corrected chi connectivity index (χ4v) is 4.26. The first-order chi connectivity index (χ1) is 14.7. The summed E-state index contributed by atoms with van der Waals surface area (Å²) >= 11 is 1.68. The predicted octanol–water partition coefficient (Wildman–Crippen LogP) is 4.15. The van der Waals surface area contributed by atoms with Gasteiger partial charge in [0.15, 0.2) is 0 Å². The number of aromatic nitrogens is 3. The number of nitrogens with zero attached hydrogens (tertiary/aromatic N) is 3. The Labute approximate surface area is 175 Å². The van der Waals surface area contributed by atoms with E-state index in [0.29, 0.717) is 11.3 Å². The zero-order valence-corrected chi connectivity index (χ0v) is 16.6. The van der Waals surface area contributed by atoms with E-state index in [1.165, 1.54) is 15.3 Å². The van der Waals surface area contributed by atoms with Crippen molar-refractivity contribution in [3.05, 3.63) is 106 Å². The van der Waals surface area contributed by atoms with Crippen molar-refractivity contribution in [2.75, 3.05) is 5.32 Å². The number of anilines is 1. The van der Waals surface area contributed by atoms with Crippen LogP contribution in [0.2, 0.25) is 0 Å². The lowest BCUT2D eigenvalue weighted by Crippen LogP contribution is -2.26. The van der Waals surface area contributed by atoms with Crippen LogP contribution in [-0.4, -0.2) is 20.3 Å². The van der Waals surface area contributed by atoms with Crippen LogP contribution in [0.5, 0.6) is 0 Å². The average molecular weight is 412 g/mol. The second-order valence-electron chi connectivity index (χ2n) is 6.81. The Morgan fingerprint density at radius 2 is 1.80 bits per heavy atom. The van der Waals surface area contributed by atoms with Gasteiger partial charge in [-0.15, -0.1) is 11.3 Å². The Morgan fingerprint density at radius 1 is 1.00 bits per heavy atom. The van der Waals surface area contributed by atoms with Crippen molar-refractivity contribution >= 4 is 38.8 Å². The van der Waals surface area contributed by atoms with Crippen LogP contribution >= 0.6 is 11.3 Å². The van der Waals surface area contributed by atoms with Gasteiger partial charge in [-0.2, -0.15) is 0 Å². The minimum Gasteiger partial charge on any atom is -0.322 e. The van der Waals surface area contributed by atoms with Gasteiger partial charge in [0, 0.05) is 24.5 Å². The lowest BCUT2D eigenvalue weighted by atomic mass is 10.1. The van der Waals surface area contributed by atoms with Crippen LogP contribution in [-0.2, 0) is 6.42 Å². The molecule has 0 atom stereocenters. The number of benzene rings is 2. The molecule has 0 spiro atoms. The third-order valence-corrected chi connectivity index (χ3v) is 5.80. The maximum absolute atomic E-state index is 12.6. The topological polar surface area (TPSA) is 76.4 Å². The van der Waals surface area contributed by atoms with Gasteiger partial charge in [-0.1, -0.05) is 30.3 Å². The summed E-state index contributed by atoms with van der Waals surface area (Å²) in [4.78, 5) is 34.0. The second kappa shape index (κ2) is 7.53. The number of para-hydroxylation sites is 1. The van der Waals surface area contributed by atoms with Crippen LogP contribution in [0.3, 0.4) is 0 Å². The molecule has 0 aliphatic rings. The second-order valence-corrected chi connectivity index (χ2v) is 7.92. The molecule has 6 nitrogen and oxygen atoms in total. The minimum absolute atomic E-state index is 0.00254. The number of carbonyl (C=O) groups excluding carboxylic acids is 1. The highest BCUT2D eigenvalue weighted by molar-refractivity contribution is 7.18.